The fraction of sp³-hybridized carbons (Fsp3) is 0.300. The van der Waals surface area contributed by atoms with E-state index in [2.05, 4.69) is 74.8 Å². The summed E-state index contributed by atoms with van der Waals surface area (Å²) < 4.78 is 15.0. The van der Waals surface area contributed by atoms with Gasteiger partial charge in [-0.15, -0.1) is 0 Å². The molecule has 0 spiro atoms. The molecular weight excluding hydrogens is 657 g/mol. The fourth-order valence-electron chi connectivity index (χ4n) is 4.82. The number of rotatable bonds is 7. The molecule has 0 saturated heterocycles. The number of halogens is 2. The molecule has 0 amide bonds. The van der Waals surface area contributed by atoms with Gasteiger partial charge in [0, 0.05) is 10.4 Å². The maximum atomic E-state index is 13.6. The molecule has 0 radical (unpaired) electrons. The largest absolute Gasteiger partial charge is 0.493 e. The van der Waals surface area contributed by atoms with Gasteiger partial charge in [0.15, 0.2) is 11.5 Å². The zero-order valence-corrected chi connectivity index (χ0v) is 25.2. The van der Waals surface area contributed by atoms with E-state index in [1.54, 1.807) is 13.3 Å². The highest BCUT2D eigenvalue weighted by atomic mass is 127. The summed E-state index contributed by atoms with van der Waals surface area (Å²) in [5, 5.41) is 5.23. The molecule has 196 valence electrons. The van der Waals surface area contributed by atoms with Crippen LogP contribution in [0, 0.1) is 10.5 Å². The highest BCUT2D eigenvalue weighted by molar-refractivity contribution is 14.1. The standard InChI is InChI=1S/C30H29BrIN3O3/c1-19-8-10-20(11-9-19)18-38-28-25(32)14-21(15-27(28)37-2)17-33-35-29(22-6-4-3-5-7-22)34-26-13-12-23(31)16-24(26)30(35)36/h8-17,22H,3-7,18H2,1-2H3. The van der Waals surface area contributed by atoms with Crippen LogP contribution in [-0.2, 0) is 6.61 Å². The molecule has 0 bridgehead atoms. The Balaban J connectivity index is 1.49. The topological polar surface area (TPSA) is 65.7 Å². The number of ether oxygens (including phenoxy) is 2. The summed E-state index contributed by atoms with van der Waals surface area (Å²) in [7, 11) is 1.63. The third-order valence-electron chi connectivity index (χ3n) is 6.88. The first kappa shape index (κ1) is 26.9. The lowest BCUT2D eigenvalue weighted by atomic mass is 9.88. The second-order valence-corrected chi connectivity index (χ2v) is 11.7. The van der Waals surface area contributed by atoms with Crippen LogP contribution in [0.1, 0.15) is 60.5 Å². The molecule has 8 heteroatoms. The average Bonchev–Trinajstić information content (AvgIpc) is 2.93. The monoisotopic (exact) mass is 685 g/mol. The molecule has 0 unspecified atom stereocenters. The predicted octanol–water partition coefficient (Wildman–Crippen LogP) is 7.59. The van der Waals surface area contributed by atoms with E-state index in [4.69, 9.17) is 14.5 Å². The minimum Gasteiger partial charge on any atom is -0.493 e. The van der Waals surface area contributed by atoms with Crippen LogP contribution in [0.4, 0.5) is 0 Å². The summed E-state index contributed by atoms with van der Waals surface area (Å²) in [6, 6.07) is 17.8. The molecule has 0 aliphatic heterocycles. The number of aromatic nitrogens is 2. The van der Waals surface area contributed by atoms with Crippen molar-refractivity contribution in [2.45, 2.75) is 51.6 Å². The van der Waals surface area contributed by atoms with Crippen molar-refractivity contribution >= 4 is 55.6 Å². The predicted molar refractivity (Wildman–Crippen MR) is 164 cm³/mol. The van der Waals surface area contributed by atoms with Crippen LogP contribution in [0.15, 0.2) is 69.0 Å². The van der Waals surface area contributed by atoms with E-state index in [1.807, 2.05) is 30.3 Å². The second kappa shape index (κ2) is 12.0. The first-order chi connectivity index (χ1) is 18.4. The van der Waals surface area contributed by atoms with E-state index in [0.717, 1.165) is 50.7 Å². The Bertz CT molecular complexity index is 1540. The Labute approximate surface area is 244 Å². The summed E-state index contributed by atoms with van der Waals surface area (Å²) in [4.78, 5) is 18.5. The molecule has 6 nitrogen and oxygen atoms in total. The number of nitrogens with zero attached hydrogens (tertiary/aromatic N) is 3. The van der Waals surface area contributed by atoms with Gasteiger partial charge >= 0.3 is 0 Å². The first-order valence-electron chi connectivity index (χ1n) is 12.8. The molecule has 0 atom stereocenters. The van der Waals surface area contributed by atoms with Crippen molar-refractivity contribution in [2.75, 3.05) is 7.11 Å². The van der Waals surface area contributed by atoms with Crippen molar-refractivity contribution in [3.63, 3.8) is 0 Å². The summed E-state index contributed by atoms with van der Waals surface area (Å²) in [6.45, 7) is 2.51. The lowest BCUT2D eigenvalue weighted by molar-refractivity contribution is 0.282. The van der Waals surface area contributed by atoms with Gasteiger partial charge in [0.1, 0.15) is 12.4 Å². The number of hydrogen-bond donors (Lipinski definition) is 0. The summed E-state index contributed by atoms with van der Waals surface area (Å²) >= 11 is 5.73. The van der Waals surface area contributed by atoms with Crippen LogP contribution in [0.25, 0.3) is 10.9 Å². The zero-order valence-electron chi connectivity index (χ0n) is 21.4. The van der Waals surface area contributed by atoms with Crippen molar-refractivity contribution in [2.24, 2.45) is 5.10 Å². The van der Waals surface area contributed by atoms with Crippen molar-refractivity contribution in [1.82, 2.24) is 9.66 Å². The van der Waals surface area contributed by atoms with Gasteiger partial charge in [-0.25, -0.2) is 4.98 Å². The van der Waals surface area contributed by atoms with Gasteiger partial charge < -0.3 is 9.47 Å². The Kier molecular flexibility index (Phi) is 8.48. The van der Waals surface area contributed by atoms with Crippen LogP contribution >= 0.6 is 38.5 Å². The number of aryl methyl sites for hydroxylation is 1. The Morgan fingerprint density at radius 3 is 2.61 bits per heavy atom. The van der Waals surface area contributed by atoms with Gasteiger partial charge in [0.05, 0.1) is 27.8 Å². The van der Waals surface area contributed by atoms with Gasteiger partial charge in [0.25, 0.3) is 5.56 Å². The van der Waals surface area contributed by atoms with Crippen LogP contribution < -0.4 is 15.0 Å². The van der Waals surface area contributed by atoms with E-state index in [9.17, 15) is 4.79 Å². The lowest BCUT2D eigenvalue weighted by Crippen LogP contribution is -2.25. The van der Waals surface area contributed by atoms with Gasteiger partial charge in [-0.1, -0.05) is 65.0 Å². The average molecular weight is 686 g/mol. The van der Waals surface area contributed by atoms with Crippen LogP contribution in [0.3, 0.4) is 0 Å². The normalized spacial score (nSPS) is 14.3. The highest BCUT2D eigenvalue weighted by Gasteiger charge is 2.22. The molecule has 1 aliphatic carbocycles. The Morgan fingerprint density at radius 2 is 1.87 bits per heavy atom. The van der Waals surface area contributed by atoms with Crippen molar-refractivity contribution in [3.8, 4) is 11.5 Å². The minimum absolute atomic E-state index is 0.159. The van der Waals surface area contributed by atoms with Gasteiger partial charge in [-0.3, -0.25) is 4.79 Å². The summed E-state index contributed by atoms with van der Waals surface area (Å²) in [5.74, 6) is 2.25. The molecule has 0 N–H and O–H groups in total. The number of benzene rings is 3. The van der Waals surface area contributed by atoms with Crippen LogP contribution in [0.2, 0.25) is 0 Å². The third-order valence-corrected chi connectivity index (χ3v) is 8.18. The molecule has 3 aromatic carbocycles. The van der Waals surface area contributed by atoms with Crippen molar-refractivity contribution in [1.29, 1.82) is 0 Å². The zero-order chi connectivity index (χ0) is 26.6. The second-order valence-electron chi connectivity index (χ2n) is 9.64. The third kappa shape index (κ3) is 5.96. The molecule has 1 fully saturated rings. The van der Waals surface area contributed by atoms with Crippen LogP contribution in [-0.4, -0.2) is 23.0 Å². The number of hydrogen-bond acceptors (Lipinski definition) is 5. The Hall–Kier alpha value is -2.72. The molecule has 1 aromatic heterocycles. The Morgan fingerprint density at radius 1 is 1.11 bits per heavy atom. The number of fused-ring (bicyclic) bond motifs is 1. The van der Waals surface area contributed by atoms with Crippen LogP contribution in [0.5, 0.6) is 11.5 Å². The molecule has 1 saturated carbocycles. The molecule has 1 heterocycles. The highest BCUT2D eigenvalue weighted by Crippen LogP contribution is 2.35. The SMILES string of the molecule is COc1cc(C=Nn2c(C3CCCCC3)nc3ccc(Br)cc3c2=O)cc(I)c1OCc1ccc(C)cc1. The van der Waals surface area contributed by atoms with Crippen molar-refractivity contribution in [3.05, 3.63) is 95.5 Å². The summed E-state index contributed by atoms with van der Waals surface area (Å²) in [5.41, 5.74) is 3.66. The molecule has 5 rings (SSSR count). The lowest BCUT2D eigenvalue weighted by Gasteiger charge is -2.22. The molecule has 1 aliphatic rings. The van der Waals surface area contributed by atoms with E-state index < -0.39 is 0 Å². The minimum atomic E-state index is -0.159. The molecular formula is C30H29BrIN3O3. The van der Waals surface area contributed by atoms with E-state index >= 15 is 0 Å². The van der Waals surface area contributed by atoms with E-state index in [1.165, 1.54) is 16.7 Å². The smallest absolute Gasteiger partial charge is 0.282 e. The van der Waals surface area contributed by atoms with E-state index in [0.29, 0.717) is 29.0 Å². The van der Waals surface area contributed by atoms with Gasteiger partial charge in [-0.2, -0.15) is 9.78 Å². The van der Waals surface area contributed by atoms with Gasteiger partial charge in [0.2, 0.25) is 0 Å². The first-order valence-corrected chi connectivity index (χ1v) is 14.6. The molecule has 4 aromatic rings. The van der Waals surface area contributed by atoms with E-state index in [-0.39, 0.29) is 11.5 Å². The maximum absolute atomic E-state index is 13.6. The number of methoxy groups -OCH3 is 1. The summed E-state index contributed by atoms with van der Waals surface area (Å²) in [6.07, 6.45) is 7.24. The van der Waals surface area contributed by atoms with Crippen molar-refractivity contribution < 1.29 is 9.47 Å². The fourth-order valence-corrected chi connectivity index (χ4v) is 5.96. The molecule has 38 heavy (non-hydrogen) atoms. The quantitative estimate of drug-likeness (QED) is 0.149. The van der Waals surface area contributed by atoms with Gasteiger partial charge in [-0.05, 0) is 83.8 Å². The maximum Gasteiger partial charge on any atom is 0.282 e.